The summed E-state index contributed by atoms with van der Waals surface area (Å²) in [6.45, 7) is 2.08. The van der Waals surface area contributed by atoms with Crippen molar-refractivity contribution in [1.29, 1.82) is 0 Å². The van der Waals surface area contributed by atoms with E-state index in [-0.39, 0.29) is 12.5 Å². The Morgan fingerprint density at radius 2 is 1.16 bits per heavy atom. The van der Waals surface area contributed by atoms with Crippen LogP contribution in [0.25, 0.3) is 0 Å². The number of benzene rings is 2. The minimum Gasteiger partial charge on any atom is -0.490 e. The molecule has 0 saturated carbocycles. The van der Waals surface area contributed by atoms with Gasteiger partial charge in [0.1, 0.15) is 0 Å². The Bertz CT molecular complexity index is 605. The lowest BCUT2D eigenvalue weighted by atomic mass is 10.1. The molecule has 1 N–H and O–H groups in total. The summed E-state index contributed by atoms with van der Waals surface area (Å²) < 4.78 is 23.5. The molecule has 2 aromatic rings. The molecule has 5 nitrogen and oxygen atoms in total. The van der Waals surface area contributed by atoms with E-state index in [1.54, 1.807) is 0 Å². The number of aliphatic hydroxyl groups is 1. The second kappa shape index (κ2) is 9.18. The van der Waals surface area contributed by atoms with Crippen LogP contribution >= 0.6 is 0 Å². The van der Waals surface area contributed by atoms with Gasteiger partial charge in [0.2, 0.25) is 0 Å². The summed E-state index contributed by atoms with van der Waals surface area (Å²) in [6, 6.07) is 15.3. The van der Waals surface area contributed by atoms with Crippen LogP contribution < -0.4 is 18.9 Å². The molecular weight excluding hydrogens is 320 g/mol. The molecule has 1 aliphatic rings. The van der Waals surface area contributed by atoms with Gasteiger partial charge in [-0.25, -0.2) is 0 Å². The van der Waals surface area contributed by atoms with Crippen LogP contribution in [0.1, 0.15) is 12.8 Å². The van der Waals surface area contributed by atoms with Gasteiger partial charge >= 0.3 is 0 Å². The average Bonchev–Trinajstić information content (AvgIpc) is 2.65. The fraction of sp³-hybridized carbons (Fsp3) is 0.400. The van der Waals surface area contributed by atoms with Crippen molar-refractivity contribution in [3.8, 4) is 23.0 Å². The molecule has 0 saturated heterocycles. The third-order valence-electron chi connectivity index (χ3n) is 3.99. The van der Waals surface area contributed by atoms with Crippen molar-refractivity contribution in [3.05, 3.63) is 48.5 Å². The minimum absolute atomic E-state index is 0.0639. The Balaban J connectivity index is 1.75. The predicted octanol–water partition coefficient (Wildman–Crippen LogP) is 3.30. The van der Waals surface area contributed by atoms with Crippen molar-refractivity contribution in [2.24, 2.45) is 5.92 Å². The Morgan fingerprint density at radius 3 is 1.60 bits per heavy atom. The van der Waals surface area contributed by atoms with E-state index in [1.165, 1.54) is 0 Å². The summed E-state index contributed by atoms with van der Waals surface area (Å²) in [5, 5.41) is 9.32. The first kappa shape index (κ1) is 17.4. The van der Waals surface area contributed by atoms with E-state index >= 15 is 0 Å². The molecular formula is C20H24O5. The van der Waals surface area contributed by atoms with E-state index < -0.39 is 0 Å². The van der Waals surface area contributed by atoms with Gasteiger partial charge in [-0.1, -0.05) is 24.3 Å². The van der Waals surface area contributed by atoms with Gasteiger partial charge in [-0.2, -0.15) is 0 Å². The van der Waals surface area contributed by atoms with E-state index in [9.17, 15) is 5.11 Å². The SMILES string of the molecule is OCCC1COc2ccccc2OCCCOc2ccccc2OC1. The zero-order valence-electron chi connectivity index (χ0n) is 14.2. The molecule has 0 spiro atoms. The van der Waals surface area contributed by atoms with Crippen LogP contribution in [0.4, 0.5) is 0 Å². The van der Waals surface area contributed by atoms with Crippen LogP contribution in [-0.4, -0.2) is 38.1 Å². The second-order valence-electron chi connectivity index (χ2n) is 5.94. The summed E-state index contributed by atoms with van der Waals surface area (Å²) >= 11 is 0. The molecule has 3 rings (SSSR count). The van der Waals surface area contributed by atoms with E-state index in [0.717, 1.165) is 17.9 Å². The second-order valence-corrected chi connectivity index (χ2v) is 5.94. The highest BCUT2D eigenvalue weighted by atomic mass is 16.5. The van der Waals surface area contributed by atoms with Crippen LogP contribution in [0.3, 0.4) is 0 Å². The van der Waals surface area contributed by atoms with Gasteiger partial charge in [0.05, 0.1) is 26.4 Å². The lowest BCUT2D eigenvalue weighted by molar-refractivity contribution is 0.136. The van der Waals surface area contributed by atoms with Crippen molar-refractivity contribution >= 4 is 0 Å². The molecule has 1 heterocycles. The molecule has 134 valence electrons. The van der Waals surface area contributed by atoms with Crippen molar-refractivity contribution < 1.29 is 24.1 Å². The van der Waals surface area contributed by atoms with Crippen LogP contribution in [0.2, 0.25) is 0 Å². The molecule has 0 fully saturated rings. The zero-order chi connectivity index (χ0) is 17.3. The smallest absolute Gasteiger partial charge is 0.161 e. The maximum absolute atomic E-state index is 9.32. The molecule has 1 aliphatic heterocycles. The Morgan fingerprint density at radius 1 is 0.720 bits per heavy atom. The number of fused-ring (bicyclic) bond motifs is 2. The molecule has 0 atom stereocenters. The lowest BCUT2D eigenvalue weighted by Gasteiger charge is -2.21. The number of aliphatic hydroxyl groups excluding tert-OH is 1. The highest BCUT2D eigenvalue weighted by Crippen LogP contribution is 2.29. The van der Waals surface area contributed by atoms with Gasteiger partial charge in [0.25, 0.3) is 0 Å². The lowest BCUT2D eigenvalue weighted by Crippen LogP contribution is -2.22. The minimum atomic E-state index is 0.0639. The molecule has 0 amide bonds. The Hall–Kier alpha value is -2.40. The Kier molecular flexibility index (Phi) is 6.40. The highest BCUT2D eigenvalue weighted by molar-refractivity contribution is 5.40. The van der Waals surface area contributed by atoms with Gasteiger partial charge in [-0.15, -0.1) is 0 Å². The third-order valence-corrected chi connectivity index (χ3v) is 3.99. The monoisotopic (exact) mass is 344 g/mol. The van der Waals surface area contributed by atoms with Crippen LogP contribution in [-0.2, 0) is 0 Å². The topological polar surface area (TPSA) is 57.2 Å². The maximum Gasteiger partial charge on any atom is 0.161 e. The van der Waals surface area contributed by atoms with E-state index in [4.69, 9.17) is 18.9 Å². The summed E-state index contributed by atoms with van der Waals surface area (Å²) in [7, 11) is 0. The van der Waals surface area contributed by atoms with Gasteiger partial charge in [-0.3, -0.25) is 0 Å². The number of hydrogen-bond acceptors (Lipinski definition) is 5. The highest BCUT2D eigenvalue weighted by Gasteiger charge is 2.15. The molecule has 2 aromatic carbocycles. The fourth-order valence-corrected chi connectivity index (χ4v) is 2.61. The first-order valence-electron chi connectivity index (χ1n) is 8.67. The quantitative estimate of drug-likeness (QED) is 0.906. The van der Waals surface area contributed by atoms with E-state index in [0.29, 0.717) is 44.3 Å². The van der Waals surface area contributed by atoms with Crippen LogP contribution in [0, 0.1) is 5.92 Å². The van der Waals surface area contributed by atoms with Crippen LogP contribution in [0.15, 0.2) is 48.5 Å². The predicted molar refractivity (Wildman–Crippen MR) is 94.7 cm³/mol. The summed E-state index contributed by atoms with van der Waals surface area (Å²) in [5.74, 6) is 2.94. The van der Waals surface area contributed by atoms with E-state index in [1.807, 2.05) is 48.5 Å². The number of ether oxygens (including phenoxy) is 4. The molecule has 0 radical (unpaired) electrons. The van der Waals surface area contributed by atoms with Gasteiger partial charge in [-0.05, 0) is 30.7 Å². The molecule has 0 bridgehead atoms. The van der Waals surface area contributed by atoms with Crippen molar-refractivity contribution in [3.63, 3.8) is 0 Å². The maximum atomic E-state index is 9.32. The summed E-state index contributed by atoms with van der Waals surface area (Å²) in [6.07, 6.45) is 1.36. The molecule has 25 heavy (non-hydrogen) atoms. The molecule has 0 aromatic heterocycles. The molecule has 5 heteroatoms. The van der Waals surface area contributed by atoms with Crippen molar-refractivity contribution in [1.82, 2.24) is 0 Å². The zero-order valence-corrected chi connectivity index (χ0v) is 14.2. The van der Waals surface area contributed by atoms with E-state index in [2.05, 4.69) is 0 Å². The van der Waals surface area contributed by atoms with Gasteiger partial charge in [0.15, 0.2) is 23.0 Å². The van der Waals surface area contributed by atoms with Crippen LogP contribution in [0.5, 0.6) is 23.0 Å². The fourth-order valence-electron chi connectivity index (χ4n) is 2.61. The largest absolute Gasteiger partial charge is 0.490 e. The van der Waals surface area contributed by atoms with Crippen molar-refractivity contribution in [2.45, 2.75) is 12.8 Å². The normalized spacial score (nSPS) is 16.0. The molecule has 0 aliphatic carbocycles. The summed E-state index contributed by atoms with van der Waals surface area (Å²) in [5.41, 5.74) is 0. The Labute approximate surface area is 148 Å². The third kappa shape index (κ3) is 5.03. The number of hydrogen-bond donors (Lipinski definition) is 1. The first-order chi connectivity index (χ1) is 12.4. The average molecular weight is 344 g/mol. The van der Waals surface area contributed by atoms with Gasteiger partial charge in [0, 0.05) is 18.9 Å². The standard InChI is InChI=1S/C20H24O5/c21-11-10-16-14-24-19-8-3-1-6-17(19)22-12-5-13-23-18-7-2-4-9-20(18)25-15-16/h1-4,6-9,16,21H,5,10-15H2. The molecule has 0 unspecified atom stereocenters. The number of rotatable bonds is 2. The summed E-state index contributed by atoms with van der Waals surface area (Å²) in [4.78, 5) is 0. The number of para-hydroxylation sites is 4. The van der Waals surface area contributed by atoms with Crippen molar-refractivity contribution in [2.75, 3.05) is 33.0 Å². The first-order valence-corrected chi connectivity index (χ1v) is 8.67. The van der Waals surface area contributed by atoms with Gasteiger partial charge < -0.3 is 24.1 Å².